The summed E-state index contributed by atoms with van der Waals surface area (Å²) >= 11 is 0. The van der Waals surface area contributed by atoms with Crippen LogP contribution < -0.4 is 11.2 Å². The molecule has 1 saturated heterocycles. The van der Waals surface area contributed by atoms with Gasteiger partial charge >= 0.3 is 5.69 Å². The second-order valence-electron chi connectivity index (χ2n) is 18.3. The summed E-state index contributed by atoms with van der Waals surface area (Å²) in [6.07, 6.45) is 14.1. The van der Waals surface area contributed by atoms with Crippen LogP contribution in [0.5, 0.6) is 0 Å². The molecule has 2 heterocycles. The van der Waals surface area contributed by atoms with Gasteiger partial charge in [-0.3, -0.25) is 14.3 Å². The van der Waals surface area contributed by atoms with E-state index in [0.717, 1.165) is 38.5 Å². The van der Waals surface area contributed by atoms with E-state index in [1.165, 1.54) is 23.8 Å². The first-order chi connectivity index (χ1) is 28.5. The smallest absolute Gasteiger partial charge is 0.330 e. The van der Waals surface area contributed by atoms with Gasteiger partial charge < -0.3 is 27.7 Å². The Hall–Kier alpha value is -1.72. The molecule has 14 heteroatoms. The van der Waals surface area contributed by atoms with E-state index < -0.39 is 52.6 Å². The van der Waals surface area contributed by atoms with Crippen molar-refractivity contribution in [1.29, 1.82) is 5.26 Å². The molecular formula is C46H85N4O8PSi. The van der Waals surface area contributed by atoms with E-state index in [1.54, 1.807) is 12.3 Å². The van der Waals surface area contributed by atoms with Crippen LogP contribution in [0.4, 0.5) is 0 Å². The first-order valence-corrected chi connectivity index (χ1v) is 26.7. The summed E-state index contributed by atoms with van der Waals surface area (Å²) in [4.78, 5) is 29.7. The largest absolute Gasteiger partial charge is 0.412 e. The van der Waals surface area contributed by atoms with Gasteiger partial charge in [-0.2, -0.15) is 5.26 Å². The number of nitrogens with one attached hydrogen (secondary N) is 1. The summed E-state index contributed by atoms with van der Waals surface area (Å²) in [5.74, 6) is 0. The molecular weight excluding hydrogens is 796 g/mol. The molecule has 0 aromatic carbocycles. The van der Waals surface area contributed by atoms with Crippen LogP contribution in [0.15, 0.2) is 21.9 Å². The first-order valence-electron chi connectivity index (χ1n) is 23.3. The summed E-state index contributed by atoms with van der Waals surface area (Å²) in [6.45, 7) is 31.3. The highest BCUT2D eigenvalue weighted by Crippen LogP contribution is 2.51. The molecule has 5 unspecified atom stereocenters. The van der Waals surface area contributed by atoms with E-state index in [-0.39, 0.29) is 47.7 Å². The molecule has 12 nitrogen and oxygen atoms in total. The number of hydrogen-bond donors (Lipinski definition) is 1. The van der Waals surface area contributed by atoms with Crippen LogP contribution >= 0.6 is 8.53 Å². The highest BCUT2D eigenvalue weighted by Gasteiger charge is 2.52. The van der Waals surface area contributed by atoms with Gasteiger partial charge in [0.05, 0.1) is 50.2 Å². The molecule has 2 rings (SSSR count). The van der Waals surface area contributed by atoms with Gasteiger partial charge in [0.25, 0.3) is 14.1 Å². The number of hydrogen-bond acceptors (Lipinski definition) is 10. The Morgan fingerprint density at radius 1 is 0.933 bits per heavy atom. The topological polar surface area (TPSA) is 137 Å². The van der Waals surface area contributed by atoms with Gasteiger partial charge in [-0.15, -0.1) is 0 Å². The first kappa shape index (κ1) is 54.4. The number of ether oxygens (including phenoxy) is 3. The fourth-order valence-corrected chi connectivity index (χ4v) is 14.2. The van der Waals surface area contributed by atoms with E-state index in [9.17, 15) is 14.9 Å². The molecule has 1 fully saturated rings. The van der Waals surface area contributed by atoms with Crippen LogP contribution in [0.2, 0.25) is 11.1 Å². The fourth-order valence-electron chi connectivity index (χ4n) is 8.51. The minimum Gasteiger partial charge on any atom is -0.412 e. The van der Waals surface area contributed by atoms with Gasteiger partial charge in [0.15, 0.2) is 6.23 Å². The lowest BCUT2D eigenvalue weighted by molar-refractivity contribution is -0.0631. The quantitative estimate of drug-likeness (QED) is 0.0436. The highest BCUT2D eigenvalue weighted by atomic mass is 31.2. The molecule has 1 aliphatic heterocycles. The Morgan fingerprint density at radius 2 is 1.52 bits per heavy atom. The van der Waals surface area contributed by atoms with Gasteiger partial charge in [-0.25, -0.2) is 9.46 Å². The molecule has 0 amide bonds. The second kappa shape index (κ2) is 27.5. The summed E-state index contributed by atoms with van der Waals surface area (Å²) in [7, 11) is -4.24. The van der Waals surface area contributed by atoms with Crippen molar-refractivity contribution in [3.05, 3.63) is 38.7 Å². The van der Waals surface area contributed by atoms with E-state index in [1.807, 2.05) is 13.0 Å². The minimum absolute atomic E-state index is 0.00345. The third kappa shape index (κ3) is 15.8. The number of aromatic nitrogens is 2. The number of H-pyrrole nitrogens is 1. The van der Waals surface area contributed by atoms with Gasteiger partial charge in [0, 0.05) is 24.4 Å². The van der Waals surface area contributed by atoms with E-state index in [4.69, 9.17) is 27.7 Å². The number of rotatable bonds is 31. The monoisotopic (exact) mass is 881 g/mol. The lowest BCUT2D eigenvalue weighted by Crippen LogP contribution is -2.53. The zero-order valence-electron chi connectivity index (χ0n) is 40.1. The molecule has 5 atom stereocenters. The lowest BCUT2D eigenvalue weighted by Gasteiger charge is -2.42. The van der Waals surface area contributed by atoms with Crippen molar-refractivity contribution >= 4 is 22.9 Å². The highest BCUT2D eigenvalue weighted by molar-refractivity contribution is 7.44. The van der Waals surface area contributed by atoms with Crippen LogP contribution in [0.25, 0.3) is 6.08 Å². The molecule has 0 aliphatic carbocycles. The van der Waals surface area contributed by atoms with Gasteiger partial charge in [0.1, 0.15) is 12.2 Å². The molecule has 0 spiro atoms. The second-order valence-corrected chi connectivity index (χ2v) is 24.4. The van der Waals surface area contributed by atoms with Crippen molar-refractivity contribution in [1.82, 2.24) is 14.2 Å². The summed E-state index contributed by atoms with van der Waals surface area (Å²) < 4.78 is 44.1. The minimum atomic E-state index is -2.57. The summed E-state index contributed by atoms with van der Waals surface area (Å²) in [6, 6.07) is 2.35. The normalized spacial score (nSPS) is 19.6. The molecule has 1 aromatic heterocycles. The van der Waals surface area contributed by atoms with Crippen LogP contribution in [-0.4, -0.2) is 85.1 Å². The third-order valence-electron chi connectivity index (χ3n) is 11.8. The van der Waals surface area contributed by atoms with Crippen molar-refractivity contribution in [3.63, 3.8) is 0 Å². The molecule has 1 aromatic rings. The molecule has 1 aliphatic rings. The Morgan fingerprint density at radius 3 is 2.00 bits per heavy atom. The van der Waals surface area contributed by atoms with Crippen LogP contribution in [0.3, 0.4) is 0 Å². The Labute approximate surface area is 366 Å². The Balaban J connectivity index is 2.63. The fraction of sp³-hybridized carbons (Fsp3) is 0.848. The van der Waals surface area contributed by atoms with Crippen molar-refractivity contribution in [2.75, 3.05) is 26.1 Å². The molecule has 1 N–H and O–H groups in total. The number of aromatic amines is 1. The van der Waals surface area contributed by atoms with Crippen LogP contribution in [0, 0.1) is 16.7 Å². The van der Waals surface area contributed by atoms with Gasteiger partial charge in [-0.05, 0) is 89.8 Å². The molecule has 346 valence electrons. The summed E-state index contributed by atoms with van der Waals surface area (Å²) in [5.41, 5.74) is -0.134. The van der Waals surface area contributed by atoms with Gasteiger partial charge in [0.2, 0.25) is 8.32 Å². The maximum absolute atomic E-state index is 13.8. The predicted molar refractivity (Wildman–Crippen MR) is 248 cm³/mol. The average molecular weight is 881 g/mol. The van der Waals surface area contributed by atoms with Crippen molar-refractivity contribution in [2.24, 2.45) is 5.41 Å². The average Bonchev–Trinajstić information content (AvgIpc) is 3.53. The SMILES string of the molecule is CCCCC(CCCC)(CCCC)COC/C=C/c1cn(C2OC(CC)C(OP(OCCC#N)N(C(C)C)C(C)C)C2OC[Si](OC(C)C)(C(C)C)C(C)C)c(=O)[nH]c1=O. The zero-order valence-corrected chi connectivity index (χ0v) is 42.0. The lowest BCUT2D eigenvalue weighted by atomic mass is 9.75. The van der Waals surface area contributed by atoms with Crippen molar-refractivity contribution in [2.45, 2.75) is 221 Å². The van der Waals surface area contributed by atoms with Crippen molar-refractivity contribution < 1.29 is 27.7 Å². The predicted octanol–water partition coefficient (Wildman–Crippen LogP) is 11.2. The van der Waals surface area contributed by atoms with Crippen LogP contribution in [-0.2, 0) is 27.7 Å². The molecule has 0 radical (unpaired) electrons. The van der Waals surface area contributed by atoms with E-state index in [0.29, 0.717) is 31.4 Å². The molecule has 0 saturated carbocycles. The Kier molecular flexibility index (Phi) is 24.9. The third-order valence-corrected chi connectivity index (χ3v) is 19.4. The maximum Gasteiger partial charge on any atom is 0.330 e. The number of nitriles is 1. The Bertz CT molecular complexity index is 1510. The number of unbranched alkanes of at least 4 members (excludes halogenated alkanes) is 3. The standard InChI is InChI=1S/C46H85N4O8PSi/c1-15-19-25-46(26-20-16-2,27-21-17-3)32-53-29-22-24-39-31-49(45(52)48-43(39)51)44-42(54-33-60(37(11)12,38(13)14)58-36(9)10)41(40(18-4)56-44)57-59(55-30-23-28-47)50(34(5)6)35(7)8/h22,24,31,34-38,40-42,44H,15-21,23,25-27,29-30,32-33H2,1-14H3,(H,48,51,52)/b24-22+. The van der Waals surface area contributed by atoms with E-state index >= 15 is 0 Å². The van der Waals surface area contributed by atoms with E-state index in [2.05, 4.69) is 106 Å². The maximum atomic E-state index is 13.8. The molecule has 0 bridgehead atoms. The van der Waals surface area contributed by atoms with Crippen LogP contribution in [0.1, 0.15) is 179 Å². The zero-order chi connectivity index (χ0) is 45.0. The van der Waals surface area contributed by atoms with Gasteiger partial charge in [-0.1, -0.05) is 100.0 Å². The summed E-state index contributed by atoms with van der Waals surface area (Å²) in [5, 5.41) is 9.37. The number of nitrogens with zero attached hydrogens (tertiary/aromatic N) is 3. The van der Waals surface area contributed by atoms with Crippen molar-refractivity contribution in [3.8, 4) is 6.07 Å². The molecule has 60 heavy (non-hydrogen) atoms.